The van der Waals surface area contributed by atoms with E-state index < -0.39 is 10.0 Å². The molecule has 2 rings (SSSR count). The number of rotatable bonds is 4. The Kier molecular flexibility index (Phi) is 4.64. The summed E-state index contributed by atoms with van der Waals surface area (Å²) in [5.74, 6) is 0. The van der Waals surface area contributed by atoms with Crippen LogP contribution < -0.4 is 15.8 Å². The highest BCUT2D eigenvalue weighted by Gasteiger charge is 2.14. The van der Waals surface area contributed by atoms with E-state index in [1.54, 1.807) is 6.07 Å². The first kappa shape index (κ1) is 14.5. The molecule has 1 aromatic carbocycles. The summed E-state index contributed by atoms with van der Waals surface area (Å²) in [6.07, 6.45) is 0.0720. The van der Waals surface area contributed by atoms with E-state index in [-0.39, 0.29) is 11.0 Å². The van der Waals surface area contributed by atoms with E-state index >= 15 is 0 Å². The molecule has 106 valence electrons. The molecule has 0 saturated carbocycles. The first-order valence-electron chi connectivity index (χ1n) is 5.85. The van der Waals surface area contributed by atoms with Crippen molar-refractivity contribution in [3.63, 3.8) is 0 Å². The lowest BCUT2D eigenvalue weighted by Gasteiger charge is -2.24. The van der Waals surface area contributed by atoms with E-state index in [0.717, 1.165) is 13.1 Å². The van der Waals surface area contributed by atoms with Gasteiger partial charge in [-0.05, 0) is 18.2 Å². The number of primary sulfonamides is 1. The minimum Gasteiger partial charge on any atom is -0.381 e. The van der Waals surface area contributed by atoms with Crippen LogP contribution in [0, 0.1) is 0 Å². The summed E-state index contributed by atoms with van der Waals surface area (Å²) in [5, 5.41) is 11.7. The van der Waals surface area contributed by atoms with Gasteiger partial charge in [0.1, 0.15) is 0 Å². The topological polar surface area (TPSA) is 93.5 Å². The lowest BCUT2D eigenvalue weighted by Crippen LogP contribution is -2.42. The largest absolute Gasteiger partial charge is 0.381 e. The number of hydrogen-bond donors (Lipinski definition) is 3. The summed E-state index contributed by atoms with van der Waals surface area (Å²) >= 11 is 6.01. The third kappa shape index (κ3) is 4.05. The number of nitrogens with one attached hydrogen (secondary N) is 2. The summed E-state index contributed by atoms with van der Waals surface area (Å²) in [5.41, 5.74) is 0.656. The molecule has 0 amide bonds. The van der Waals surface area contributed by atoms with Crippen molar-refractivity contribution in [2.24, 2.45) is 5.14 Å². The third-order valence-electron chi connectivity index (χ3n) is 2.79. The number of benzene rings is 1. The van der Waals surface area contributed by atoms with E-state index in [4.69, 9.17) is 21.5 Å². The average molecular weight is 306 g/mol. The van der Waals surface area contributed by atoms with E-state index in [0.29, 0.717) is 23.9 Å². The van der Waals surface area contributed by atoms with Gasteiger partial charge < -0.3 is 15.4 Å². The molecule has 1 aromatic rings. The molecule has 0 spiro atoms. The number of hydrogen-bond acceptors (Lipinski definition) is 5. The van der Waals surface area contributed by atoms with Gasteiger partial charge in [-0.3, -0.25) is 0 Å². The highest BCUT2D eigenvalue weighted by atomic mass is 35.5. The first-order chi connectivity index (χ1) is 8.97. The van der Waals surface area contributed by atoms with Crippen LogP contribution in [0.3, 0.4) is 0 Å². The maximum Gasteiger partial charge on any atom is 0.238 e. The molecule has 1 heterocycles. The summed E-state index contributed by atoms with van der Waals surface area (Å²) in [4.78, 5) is -0.00127. The van der Waals surface area contributed by atoms with E-state index in [1.165, 1.54) is 12.1 Å². The zero-order chi connectivity index (χ0) is 13.9. The predicted molar refractivity (Wildman–Crippen MR) is 73.9 cm³/mol. The molecule has 0 unspecified atom stereocenters. The molecule has 6 nitrogen and oxygen atoms in total. The number of morpholine rings is 1. The number of sulfonamides is 1. The second-order valence-electron chi connectivity index (χ2n) is 4.26. The summed E-state index contributed by atoms with van der Waals surface area (Å²) < 4.78 is 27.9. The van der Waals surface area contributed by atoms with Gasteiger partial charge >= 0.3 is 0 Å². The van der Waals surface area contributed by atoms with E-state index in [1.807, 2.05) is 0 Å². The van der Waals surface area contributed by atoms with Crippen LogP contribution in [0.25, 0.3) is 0 Å². The van der Waals surface area contributed by atoms with Crippen LogP contribution in [0.5, 0.6) is 0 Å². The third-order valence-corrected chi connectivity index (χ3v) is 4.02. The monoisotopic (exact) mass is 305 g/mol. The standard InChI is InChI=1S/C11H16ClN3O3S/c12-10-5-9(19(13,16)17)1-2-11(10)15-7-8-6-14-3-4-18-8/h1-2,5,8,14-15H,3-4,6-7H2,(H2,13,16,17)/t8-/m1/s1. The van der Waals surface area contributed by atoms with Crippen molar-refractivity contribution >= 4 is 27.3 Å². The fraction of sp³-hybridized carbons (Fsp3) is 0.455. The lowest BCUT2D eigenvalue weighted by molar-refractivity contribution is 0.0372. The van der Waals surface area contributed by atoms with Crippen LogP contribution in [0.15, 0.2) is 23.1 Å². The Morgan fingerprint density at radius 1 is 1.53 bits per heavy atom. The Bertz CT molecular complexity index is 544. The van der Waals surface area contributed by atoms with Gasteiger partial charge in [0.25, 0.3) is 0 Å². The molecule has 1 saturated heterocycles. The Morgan fingerprint density at radius 2 is 2.32 bits per heavy atom. The molecular weight excluding hydrogens is 290 g/mol. The quantitative estimate of drug-likeness (QED) is 0.748. The highest BCUT2D eigenvalue weighted by molar-refractivity contribution is 7.89. The van der Waals surface area contributed by atoms with Crippen LogP contribution in [0.1, 0.15) is 0 Å². The first-order valence-corrected chi connectivity index (χ1v) is 7.78. The van der Waals surface area contributed by atoms with Crippen molar-refractivity contribution in [2.45, 2.75) is 11.0 Å². The molecule has 1 aliphatic heterocycles. The zero-order valence-electron chi connectivity index (χ0n) is 10.2. The highest BCUT2D eigenvalue weighted by Crippen LogP contribution is 2.24. The molecule has 0 radical (unpaired) electrons. The maximum atomic E-state index is 11.2. The van der Waals surface area contributed by atoms with Crippen molar-refractivity contribution in [3.05, 3.63) is 23.2 Å². The number of nitrogens with two attached hydrogens (primary N) is 1. The van der Waals surface area contributed by atoms with Gasteiger partial charge in [0.2, 0.25) is 10.0 Å². The van der Waals surface area contributed by atoms with Crippen molar-refractivity contribution in [1.29, 1.82) is 0 Å². The summed E-state index contributed by atoms with van der Waals surface area (Å²) in [6.45, 7) is 2.92. The normalized spacial score (nSPS) is 20.2. The SMILES string of the molecule is NS(=O)(=O)c1ccc(NC[C@H]2CNCCO2)c(Cl)c1. The molecule has 0 aromatic heterocycles. The molecule has 0 aliphatic carbocycles. The van der Waals surface area contributed by atoms with Crippen LogP contribution in [0.4, 0.5) is 5.69 Å². The smallest absolute Gasteiger partial charge is 0.238 e. The van der Waals surface area contributed by atoms with Gasteiger partial charge in [-0.1, -0.05) is 11.6 Å². The minimum atomic E-state index is -3.72. The Morgan fingerprint density at radius 3 is 2.89 bits per heavy atom. The maximum absolute atomic E-state index is 11.2. The molecule has 19 heavy (non-hydrogen) atoms. The average Bonchev–Trinajstić information content (AvgIpc) is 2.37. The zero-order valence-corrected chi connectivity index (χ0v) is 11.8. The van der Waals surface area contributed by atoms with E-state index in [2.05, 4.69) is 10.6 Å². The summed E-state index contributed by atoms with van der Waals surface area (Å²) in [7, 11) is -3.72. The van der Waals surface area contributed by atoms with Gasteiger partial charge in [0.05, 0.1) is 28.3 Å². The van der Waals surface area contributed by atoms with Crippen LogP contribution in [0.2, 0.25) is 5.02 Å². The van der Waals surface area contributed by atoms with Gasteiger partial charge in [-0.15, -0.1) is 0 Å². The Labute approximate surface area is 117 Å². The number of halogens is 1. The lowest BCUT2D eigenvalue weighted by atomic mass is 10.2. The molecule has 1 aliphatic rings. The fourth-order valence-electron chi connectivity index (χ4n) is 1.79. The predicted octanol–water partition coefficient (Wildman–Crippen LogP) is 0.388. The molecule has 0 bridgehead atoms. The second-order valence-corrected chi connectivity index (χ2v) is 6.23. The number of ether oxygens (including phenoxy) is 1. The fourth-order valence-corrected chi connectivity index (χ4v) is 2.64. The van der Waals surface area contributed by atoms with Crippen molar-refractivity contribution in [1.82, 2.24) is 5.32 Å². The molecule has 1 atom stereocenters. The molecule has 4 N–H and O–H groups in total. The molecule has 8 heteroatoms. The van der Waals surface area contributed by atoms with Crippen molar-refractivity contribution in [3.8, 4) is 0 Å². The Balaban J connectivity index is 2.01. The minimum absolute atomic E-state index is 0.00127. The van der Waals surface area contributed by atoms with Crippen LogP contribution >= 0.6 is 11.6 Å². The summed E-state index contributed by atoms with van der Waals surface area (Å²) in [6, 6.07) is 4.35. The van der Waals surface area contributed by atoms with Crippen LogP contribution in [-0.2, 0) is 14.8 Å². The van der Waals surface area contributed by atoms with Crippen LogP contribution in [-0.4, -0.2) is 40.8 Å². The molecule has 1 fully saturated rings. The van der Waals surface area contributed by atoms with Crippen molar-refractivity contribution < 1.29 is 13.2 Å². The van der Waals surface area contributed by atoms with Gasteiger partial charge in [-0.2, -0.15) is 0 Å². The van der Waals surface area contributed by atoms with Crippen molar-refractivity contribution in [2.75, 3.05) is 31.6 Å². The molecular formula is C11H16ClN3O3S. The number of anilines is 1. The van der Waals surface area contributed by atoms with Gasteiger partial charge in [0.15, 0.2) is 0 Å². The second kappa shape index (κ2) is 6.06. The Hall–Kier alpha value is -0.860. The van der Waals surface area contributed by atoms with Gasteiger partial charge in [0, 0.05) is 19.6 Å². The van der Waals surface area contributed by atoms with E-state index in [9.17, 15) is 8.42 Å². The van der Waals surface area contributed by atoms with Gasteiger partial charge in [-0.25, -0.2) is 13.6 Å².